The van der Waals surface area contributed by atoms with Gasteiger partial charge in [-0.1, -0.05) is 55.5 Å². The van der Waals surface area contributed by atoms with Crippen LogP contribution in [0.3, 0.4) is 0 Å². The number of para-hydroxylation sites is 1. The minimum absolute atomic E-state index is 0.176. The Labute approximate surface area is 125 Å². The summed E-state index contributed by atoms with van der Waals surface area (Å²) in [5.41, 5.74) is 4.94. The second kappa shape index (κ2) is 6.06. The van der Waals surface area contributed by atoms with Crippen molar-refractivity contribution in [3.05, 3.63) is 77.5 Å². The predicted octanol–water partition coefficient (Wildman–Crippen LogP) is 4.24. The molecule has 0 spiro atoms. The van der Waals surface area contributed by atoms with Crippen LogP contribution in [0.1, 0.15) is 29.7 Å². The summed E-state index contributed by atoms with van der Waals surface area (Å²) < 4.78 is 0. The van der Waals surface area contributed by atoms with Crippen LogP contribution in [0.2, 0.25) is 0 Å². The zero-order valence-corrected chi connectivity index (χ0v) is 12.5. The van der Waals surface area contributed by atoms with Crippen molar-refractivity contribution in [3.63, 3.8) is 0 Å². The van der Waals surface area contributed by atoms with Crippen LogP contribution in [-0.2, 0) is 0 Å². The van der Waals surface area contributed by atoms with Crippen LogP contribution in [0, 0.1) is 6.92 Å². The van der Waals surface area contributed by atoms with E-state index in [9.17, 15) is 0 Å². The minimum Gasteiger partial charge on any atom is -0.306 e. The lowest BCUT2D eigenvalue weighted by atomic mass is 9.93. The van der Waals surface area contributed by atoms with Crippen LogP contribution >= 0.6 is 0 Å². The molecule has 21 heavy (non-hydrogen) atoms. The standard InChI is InChI=1S/C19H20N2/c1-3-20-19(16-11-5-4-8-14(16)2)17-12-6-9-15-10-7-13-21-18(15)17/h4-13,19-20H,3H2,1-2H3. The Hall–Kier alpha value is -2.19. The van der Waals surface area contributed by atoms with Gasteiger partial charge in [0.2, 0.25) is 0 Å². The lowest BCUT2D eigenvalue weighted by molar-refractivity contribution is 0.630. The van der Waals surface area contributed by atoms with Crippen LogP contribution in [0.25, 0.3) is 10.9 Å². The number of pyridine rings is 1. The van der Waals surface area contributed by atoms with Gasteiger partial charge >= 0.3 is 0 Å². The smallest absolute Gasteiger partial charge is 0.0753 e. The second-order valence-electron chi connectivity index (χ2n) is 5.27. The third-order valence-corrected chi connectivity index (χ3v) is 3.88. The number of aromatic nitrogens is 1. The number of nitrogens with one attached hydrogen (secondary N) is 1. The highest BCUT2D eigenvalue weighted by atomic mass is 14.9. The number of aryl methyl sites for hydroxylation is 1. The zero-order valence-electron chi connectivity index (χ0n) is 12.5. The molecule has 0 fully saturated rings. The first kappa shape index (κ1) is 13.8. The first-order chi connectivity index (χ1) is 10.3. The van der Waals surface area contributed by atoms with Crippen LogP contribution in [0.15, 0.2) is 60.8 Å². The molecular formula is C19H20N2. The Morgan fingerprint density at radius 3 is 2.52 bits per heavy atom. The maximum absolute atomic E-state index is 4.60. The van der Waals surface area contributed by atoms with E-state index in [1.807, 2.05) is 12.3 Å². The van der Waals surface area contributed by atoms with Gasteiger partial charge in [-0.25, -0.2) is 0 Å². The molecule has 2 nitrogen and oxygen atoms in total. The Balaban J connectivity index is 2.19. The minimum atomic E-state index is 0.176. The molecule has 1 atom stereocenters. The molecule has 1 N–H and O–H groups in total. The van der Waals surface area contributed by atoms with Gasteiger partial charge in [0.1, 0.15) is 0 Å². The summed E-state index contributed by atoms with van der Waals surface area (Å²) in [6, 6.07) is 19.2. The van der Waals surface area contributed by atoms with Crippen molar-refractivity contribution >= 4 is 10.9 Å². The van der Waals surface area contributed by atoms with E-state index in [4.69, 9.17) is 0 Å². The molecule has 1 heterocycles. The Morgan fingerprint density at radius 2 is 1.71 bits per heavy atom. The maximum Gasteiger partial charge on any atom is 0.0753 e. The SMILES string of the molecule is CCNC(c1ccccc1C)c1cccc2cccnc12. The van der Waals surface area contributed by atoms with Crippen LogP contribution < -0.4 is 5.32 Å². The highest BCUT2D eigenvalue weighted by Crippen LogP contribution is 2.29. The molecule has 0 bridgehead atoms. The fourth-order valence-corrected chi connectivity index (χ4v) is 2.86. The summed E-state index contributed by atoms with van der Waals surface area (Å²) in [7, 11) is 0. The van der Waals surface area contributed by atoms with Crippen LogP contribution in [-0.4, -0.2) is 11.5 Å². The van der Waals surface area contributed by atoms with Gasteiger partial charge in [-0.05, 0) is 36.2 Å². The number of fused-ring (bicyclic) bond motifs is 1. The highest BCUT2D eigenvalue weighted by molar-refractivity contribution is 5.82. The second-order valence-corrected chi connectivity index (χ2v) is 5.27. The average Bonchev–Trinajstić information content (AvgIpc) is 2.53. The van der Waals surface area contributed by atoms with E-state index >= 15 is 0 Å². The molecule has 1 aromatic heterocycles. The van der Waals surface area contributed by atoms with Crippen LogP contribution in [0.4, 0.5) is 0 Å². The summed E-state index contributed by atoms with van der Waals surface area (Å²) in [5.74, 6) is 0. The number of hydrogen-bond donors (Lipinski definition) is 1. The van der Waals surface area contributed by atoms with Crippen molar-refractivity contribution in [1.82, 2.24) is 10.3 Å². The zero-order chi connectivity index (χ0) is 14.7. The molecule has 3 rings (SSSR count). The lowest BCUT2D eigenvalue weighted by Gasteiger charge is -2.22. The van der Waals surface area contributed by atoms with Gasteiger partial charge in [-0.15, -0.1) is 0 Å². The monoisotopic (exact) mass is 276 g/mol. The number of hydrogen-bond acceptors (Lipinski definition) is 2. The number of rotatable bonds is 4. The molecule has 1 unspecified atom stereocenters. The molecule has 0 amide bonds. The van der Waals surface area contributed by atoms with E-state index in [0.717, 1.165) is 12.1 Å². The molecule has 3 aromatic rings. The Morgan fingerprint density at radius 1 is 0.952 bits per heavy atom. The normalized spacial score (nSPS) is 12.5. The maximum atomic E-state index is 4.60. The molecule has 106 valence electrons. The quantitative estimate of drug-likeness (QED) is 0.771. The van der Waals surface area contributed by atoms with Gasteiger partial charge in [0.15, 0.2) is 0 Å². The van der Waals surface area contributed by atoms with Gasteiger partial charge in [0.05, 0.1) is 11.6 Å². The third kappa shape index (κ3) is 2.67. The van der Waals surface area contributed by atoms with Crippen molar-refractivity contribution in [3.8, 4) is 0 Å². The number of benzene rings is 2. The first-order valence-electron chi connectivity index (χ1n) is 7.44. The van der Waals surface area contributed by atoms with E-state index in [2.05, 4.69) is 72.7 Å². The lowest BCUT2D eigenvalue weighted by Crippen LogP contribution is -2.23. The molecule has 0 saturated heterocycles. The first-order valence-corrected chi connectivity index (χ1v) is 7.44. The molecular weight excluding hydrogens is 256 g/mol. The molecule has 2 heteroatoms. The van der Waals surface area contributed by atoms with Crippen molar-refractivity contribution in [2.45, 2.75) is 19.9 Å². The van der Waals surface area contributed by atoms with Gasteiger partial charge in [-0.2, -0.15) is 0 Å². The summed E-state index contributed by atoms with van der Waals surface area (Å²) in [5, 5.41) is 4.79. The van der Waals surface area contributed by atoms with E-state index in [1.54, 1.807) is 0 Å². The fourth-order valence-electron chi connectivity index (χ4n) is 2.86. The van der Waals surface area contributed by atoms with Crippen molar-refractivity contribution in [1.29, 1.82) is 0 Å². The van der Waals surface area contributed by atoms with E-state index in [0.29, 0.717) is 0 Å². The van der Waals surface area contributed by atoms with Gasteiger partial charge in [0.25, 0.3) is 0 Å². The van der Waals surface area contributed by atoms with Crippen molar-refractivity contribution < 1.29 is 0 Å². The molecule has 2 aromatic carbocycles. The van der Waals surface area contributed by atoms with E-state index in [1.165, 1.54) is 22.1 Å². The Kier molecular flexibility index (Phi) is 3.98. The summed E-state index contributed by atoms with van der Waals surface area (Å²) in [4.78, 5) is 4.60. The topological polar surface area (TPSA) is 24.9 Å². The molecule has 0 radical (unpaired) electrons. The summed E-state index contributed by atoms with van der Waals surface area (Å²) in [6.45, 7) is 5.23. The predicted molar refractivity (Wildman–Crippen MR) is 88.4 cm³/mol. The molecule has 0 aliphatic heterocycles. The highest BCUT2D eigenvalue weighted by Gasteiger charge is 2.17. The van der Waals surface area contributed by atoms with Gasteiger partial charge < -0.3 is 5.32 Å². The Bertz CT molecular complexity index is 744. The number of nitrogens with zero attached hydrogens (tertiary/aromatic N) is 1. The van der Waals surface area contributed by atoms with Crippen molar-refractivity contribution in [2.24, 2.45) is 0 Å². The van der Waals surface area contributed by atoms with Gasteiger partial charge in [0, 0.05) is 11.6 Å². The molecule has 0 aliphatic rings. The summed E-state index contributed by atoms with van der Waals surface area (Å²) >= 11 is 0. The van der Waals surface area contributed by atoms with Gasteiger partial charge in [-0.3, -0.25) is 4.98 Å². The van der Waals surface area contributed by atoms with Crippen LogP contribution in [0.5, 0.6) is 0 Å². The third-order valence-electron chi connectivity index (χ3n) is 3.88. The van der Waals surface area contributed by atoms with Crippen molar-refractivity contribution in [2.75, 3.05) is 6.54 Å². The fraction of sp³-hybridized carbons (Fsp3) is 0.211. The van der Waals surface area contributed by atoms with E-state index in [-0.39, 0.29) is 6.04 Å². The summed E-state index contributed by atoms with van der Waals surface area (Å²) in [6.07, 6.45) is 1.87. The molecule has 0 saturated carbocycles. The average molecular weight is 276 g/mol. The molecule has 0 aliphatic carbocycles. The van der Waals surface area contributed by atoms with E-state index < -0.39 is 0 Å². The largest absolute Gasteiger partial charge is 0.306 e.